The molecule has 1 aromatic rings. The van der Waals surface area contributed by atoms with Gasteiger partial charge in [0.25, 0.3) is 5.91 Å². The zero-order valence-electron chi connectivity index (χ0n) is 9.77. The maximum Gasteiger partial charge on any atom is 0.251 e. The van der Waals surface area contributed by atoms with Gasteiger partial charge in [0.2, 0.25) is 0 Å². The average Bonchev–Trinajstić information content (AvgIpc) is 2.85. The Morgan fingerprint density at radius 1 is 1.65 bits per heavy atom. The number of nitrogens with one attached hydrogen (secondary N) is 1. The normalized spacial score (nSPS) is 20.2. The van der Waals surface area contributed by atoms with Crippen LogP contribution in [0.5, 0.6) is 0 Å². The van der Waals surface area contributed by atoms with Crippen molar-refractivity contribution in [2.45, 2.75) is 26.0 Å². The minimum atomic E-state index is -0.479. The molecule has 0 aromatic carbocycles. The van der Waals surface area contributed by atoms with Crippen LogP contribution in [-0.2, 0) is 27.2 Å². The van der Waals surface area contributed by atoms with Crippen LogP contribution in [0.2, 0.25) is 0 Å². The Hall–Kier alpha value is -0.980. The second kappa shape index (κ2) is 6.09. The van der Waals surface area contributed by atoms with Gasteiger partial charge in [0.1, 0.15) is 0 Å². The molecular weight excluding hydrogens is 240 g/mol. The van der Waals surface area contributed by atoms with Crippen LogP contribution in [0.1, 0.15) is 17.6 Å². The van der Waals surface area contributed by atoms with Gasteiger partial charge in [0.05, 0.1) is 37.1 Å². The molecule has 0 unspecified atom stereocenters. The fourth-order valence-corrected chi connectivity index (χ4v) is 2.27. The fourth-order valence-electron chi connectivity index (χ4n) is 1.52. The van der Waals surface area contributed by atoms with Gasteiger partial charge in [-0.25, -0.2) is 4.98 Å². The molecule has 0 spiro atoms. The van der Waals surface area contributed by atoms with Crippen LogP contribution in [-0.4, -0.2) is 36.8 Å². The second-order valence-electron chi connectivity index (χ2n) is 3.74. The van der Waals surface area contributed by atoms with E-state index in [9.17, 15) is 4.79 Å². The number of aromatic nitrogens is 1. The molecule has 1 aromatic heterocycles. The maximum absolute atomic E-state index is 11.7. The van der Waals surface area contributed by atoms with Crippen molar-refractivity contribution >= 4 is 17.2 Å². The number of carbonyl (C=O) groups excluding carboxylic acids is 1. The highest BCUT2D eigenvalue weighted by atomic mass is 32.1. The van der Waals surface area contributed by atoms with E-state index >= 15 is 0 Å². The number of hydrogen-bond acceptors (Lipinski definition) is 5. The lowest BCUT2D eigenvalue weighted by molar-refractivity contribution is -0.147. The minimum Gasteiger partial charge on any atom is -0.376 e. The highest BCUT2D eigenvalue weighted by Gasteiger charge is 2.22. The van der Waals surface area contributed by atoms with E-state index in [1.807, 2.05) is 5.38 Å². The molecule has 17 heavy (non-hydrogen) atoms. The van der Waals surface area contributed by atoms with E-state index in [4.69, 9.17) is 9.47 Å². The number of hydrogen-bond donors (Lipinski definition) is 1. The Labute approximate surface area is 104 Å². The van der Waals surface area contributed by atoms with E-state index in [0.29, 0.717) is 26.4 Å². The van der Waals surface area contributed by atoms with Gasteiger partial charge in [-0.3, -0.25) is 4.79 Å². The molecule has 2 heterocycles. The van der Waals surface area contributed by atoms with Gasteiger partial charge in [0, 0.05) is 5.38 Å². The first-order valence-corrected chi connectivity index (χ1v) is 6.58. The van der Waals surface area contributed by atoms with E-state index in [0.717, 1.165) is 17.1 Å². The lowest BCUT2D eigenvalue weighted by atomic mass is 10.3. The smallest absolute Gasteiger partial charge is 0.251 e. The Morgan fingerprint density at radius 3 is 3.18 bits per heavy atom. The monoisotopic (exact) mass is 256 g/mol. The van der Waals surface area contributed by atoms with E-state index in [1.165, 1.54) is 0 Å². The third-order valence-electron chi connectivity index (χ3n) is 2.45. The molecule has 1 aliphatic rings. The predicted molar refractivity (Wildman–Crippen MR) is 63.9 cm³/mol. The third-order valence-corrected chi connectivity index (χ3v) is 3.50. The van der Waals surface area contributed by atoms with Crippen LogP contribution in [0.4, 0.5) is 0 Å². The first kappa shape index (κ1) is 12.5. The van der Waals surface area contributed by atoms with Gasteiger partial charge < -0.3 is 14.8 Å². The molecule has 1 saturated heterocycles. The summed E-state index contributed by atoms with van der Waals surface area (Å²) in [7, 11) is 0. The first-order valence-electron chi connectivity index (χ1n) is 5.70. The Bertz CT molecular complexity index is 375. The molecule has 1 aliphatic heterocycles. The van der Waals surface area contributed by atoms with Crippen molar-refractivity contribution in [2.24, 2.45) is 0 Å². The number of amides is 1. The van der Waals surface area contributed by atoms with Crippen molar-refractivity contribution in [3.63, 3.8) is 0 Å². The minimum absolute atomic E-state index is 0.129. The highest BCUT2D eigenvalue weighted by molar-refractivity contribution is 7.09. The Kier molecular flexibility index (Phi) is 4.47. The van der Waals surface area contributed by atoms with E-state index in [1.54, 1.807) is 11.3 Å². The summed E-state index contributed by atoms with van der Waals surface area (Å²) < 4.78 is 10.5. The van der Waals surface area contributed by atoms with Gasteiger partial charge in [-0.05, 0) is 6.42 Å². The summed E-state index contributed by atoms with van der Waals surface area (Å²) in [6, 6.07) is 0. The highest BCUT2D eigenvalue weighted by Crippen LogP contribution is 2.10. The standard InChI is InChI=1S/C11H16N2O3S/c1-2-10-13-8(7-17-10)5-12-11(14)9-6-15-3-4-16-9/h7,9H,2-6H2,1H3,(H,12,14)/t9-/m0/s1. The fraction of sp³-hybridized carbons (Fsp3) is 0.636. The molecule has 1 fully saturated rings. The number of aryl methyl sites for hydroxylation is 1. The summed E-state index contributed by atoms with van der Waals surface area (Å²) in [6.45, 7) is 3.90. The van der Waals surface area contributed by atoms with E-state index < -0.39 is 6.10 Å². The lowest BCUT2D eigenvalue weighted by Gasteiger charge is -2.21. The summed E-state index contributed by atoms with van der Waals surface area (Å²) in [4.78, 5) is 16.1. The van der Waals surface area contributed by atoms with Crippen LogP contribution in [0.15, 0.2) is 5.38 Å². The quantitative estimate of drug-likeness (QED) is 0.863. The predicted octanol–water partition coefficient (Wildman–Crippen LogP) is 0.737. The Balaban J connectivity index is 1.78. The van der Waals surface area contributed by atoms with Crippen molar-refractivity contribution in [2.75, 3.05) is 19.8 Å². The van der Waals surface area contributed by atoms with Crippen LogP contribution in [0.3, 0.4) is 0 Å². The SMILES string of the molecule is CCc1nc(CNC(=O)[C@@H]2COCCO2)cs1. The van der Waals surface area contributed by atoms with E-state index in [2.05, 4.69) is 17.2 Å². The summed E-state index contributed by atoms with van der Waals surface area (Å²) >= 11 is 1.62. The van der Waals surface area contributed by atoms with Crippen molar-refractivity contribution in [1.82, 2.24) is 10.3 Å². The molecule has 2 rings (SSSR count). The molecule has 0 aliphatic carbocycles. The van der Waals surface area contributed by atoms with Crippen LogP contribution < -0.4 is 5.32 Å². The molecule has 1 N–H and O–H groups in total. The summed E-state index contributed by atoms with van der Waals surface area (Å²) in [5, 5.41) is 5.87. The number of ether oxygens (including phenoxy) is 2. The molecule has 94 valence electrons. The number of thiazole rings is 1. The average molecular weight is 256 g/mol. The van der Waals surface area contributed by atoms with Gasteiger partial charge in [0.15, 0.2) is 6.10 Å². The first-order chi connectivity index (χ1) is 8.29. The zero-order valence-corrected chi connectivity index (χ0v) is 10.6. The van der Waals surface area contributed by atoms with Crippen molar-refractivity contribution in [1.29, 1.82) is 0 Å². The molecule has 0 bridgehead atoms. The molecule has 5 nitrogen and oxygen atoms in total. The number of nitrogens with zero attached hydrogens (tertiary/aromatic N) is 1. The molecular formula is C11H16N2O3S. The molecule has 0 saturated carbocycles. The lowest BCUT2D eigenvalue weighted by Crippen LogP contribution is -2.42. The van der Waals surface area contributed by atoms with Crippen molar-refractivity contribution < 1.29 is 14.3 Å². The molecule has 1 amide bonds. The molecule has 6 heteroatoms. The summed E-state index contributed by atoms with van der Waals surface area (Å²) in [6.07, 6.45) is 0.450. The topological polar surface area (TPSA) is 60.5 Å². The zero-order chi connectivity index (χ0) is 12.1. The van der Waals surface area contributed by atoms with E-state index in [-0.39, 0.29) is 5.91 Å². The van der Waals surface area contributed by atoms with Gasteiger partial charge in [-0.15, -0.1) is 11.3 Å². The number of rotatable bonds is 4. The summed E-state index contributed by atoms with van der Waals surface area (Å²) in [5.74, 6) is -0.129. The number of carbonyl (C=O) groups is 1. The van der Waals surface area contributed by atoms with Crippen molar-refractivity contribution in [3.05, 3.63) is 16.1 Å². The van der Waals surface area contributed by atoms with Crippen LogP contribution >= 0.6 is 11.3 Å². The third kappa shape index (κ3) is 3.49. The Morgan fingerprint density at radius 2 is 2.53 bits per heavy atom. The maximum atomic E-state index is 11.7. The molecule has 0 radical (unpaired) electrons. The summed E-state index contributed by atoms with van der Waals surface area (Å²) in [5.41, 5.74) is 0.900. The molecule has 1 atom stereocenters. The van der Waals surface area contributed by atoms with Crippen molar-refractivity contribution in [3.8, 4) is 0 Å². The van der Waals surface area contributed by atoms with Gasteiger partial charge in [-0.1, -0.05) is 6.92 Å². The van der Waals surface area contributed by atoms with Gasteiger partial charge in [-0.2, -0.15) is 0 Å². The van der Waals surface area contributed by atoms with Crippen LogP contribution in [0.25, 0.3) is 0 Å². The van der Waals surface area contributed by atoms with Crippen LogP contribution in [0, 0.1) is 0 Å². The second-order valence-corrected chi connectivity index (χ2v) is 4.68. The van der Waals surface area contributed by atoms with Gasteiger partial charge >= 0.3 is 0 Å². The largest absolute Gasteiger partial charge is 0.376 e.